The lowest BCUT2D eigenvalue weighted by Gasteiger charge is -2.36. The predicted molar refractivity (Wildman–Crippen MR) is 97.2 cm³/mol. The molecule has 2 atom stereocenters. The lowest BCUT2D eigenvalue weighted by atomic mass is 9.95. The number of nitrogens with zero attached hydrogens (tertiary/aromatic N) is 3. The SMILES string of the molecule is O=C(Cc1[nH]nc2ccccc12)N1C[C@H]2CC[C@@H](C1)N(CC1CC1)C2. The van der Waals surface area contributed by atoms with E-state index in [1.807, 2.05) is 24.3 Å². The largest absolute Gasteiger partial charge is 0.340 e. The number of nitrogens with one attached hydrogen (secondary N) is 1. The average molecular weight is 338 g/mol. The summed E-state index contributed by atoms with van der Waals surface area (Å²) >= 11 is 0. The number of hydrogen-bond acceptors (Lipinski definition) is 3. The van der Waals surface area contributed by atoms with Crippen LogP contribution in [-0.2, 0) is 11.2 Å². The number of aromatic nitrogens is 2. The number of fused-ring (bicyclic) bond motifs is 5. The van der Waals surface area contributed by atoms with Gasteiger partial charge in [0.25, 0.3) is 0 Å². The number of carbonyl (C=O) groups excluding carboxylic acids is 1. The first-order chi connectivity index (χ1) is 12.3. The molecule has 4 fully saturated rings. The fraction of sp³-hybridized carbons (Fsp3) is 0.600. The summed E-state index contributed by atoms with van der Waals surface area (Å²) in [4.78, 5) is 17.8. The van der Waals surface area contributed by atoms with Crippen LogP contribution in [0.2, 0.25) is 0 Å². The molecular weight excluding hydrogens is 312 g/mol. The van der Waals surface area contributed by atoms with Crippen molar-refractivity contribution >= 4 is 16.8 Å². The van der Waals surface area contributed by atoms with Gasteiger partial charge in [0.1, 0.15) is 0 Å². The number of H-pyrrole nitrogens is 1. The van der Waals surface area contributed by atoms with E-state index in [1.165, 1.54) is 38.8 Å². The van der Waals surface area contributed by atoms with Gasteiger partial charge in [-0.05, 0) is 43.6 Å². The van der Waals surface area contributed by atoms with Crippen molar-refractivity contribution in [2.75, 3.05) is 26.2 Å². The van der Waals surface area contributed by atoms with Crippen LogP contribution in [0.4, 0.5) is 0 Å². The Bertz CT molecular complexity index is 781. The summed E-state index contributed by atoms with van der Waals surface area (Å²) < 4.78 is 0. The molecular formula is C20H26N4O. The highest BCUT2D eigenvalue weighted by molar-refractivity contribution is 5.87. The number of rotatable bonds is 4. The first-order valence-corrected chi connectivity index (χ1v) is 9.70. The average Bonchev–Trinajstić information content (AvgIpc) is 3.41. The fourth-order valence-corrected chi connectivity index (χ4v) is 4.65. The molecule has 1 aliphatic carbocycles. The summed E-state index contributed by atoms with van der Waals surface area (Å²) in [7, 11) is 0. The molecule has 2 bridgehead atoms. The molecule has 3 saturated heterocycles. The summed E-state index contributed by atoms with van der Waals surface area (Å²) in [5.74, 6) is 1.83. The first kappa shape index (κ1) is 15.4. The summed E-state index contributed by atoms with van der Waals surface area (Å²) in [5.41, 5.74) is 1.89. The van der Waals surface area contributed by atoms with E-state index in [1.54, 1.807) is 0 Å². The molecule has 4 aliphatic rings. The van der Waals surface area contributed by atoms with Crippen molar-refractivity contribution in [3.8, 4) is 0 Å². The van der Waals surface area contributed by atoms with E-state index < -0.39 is 0 Å². The third-order valence-electron chi connectivity index (χ3n) is 6.24. The van der Waals surface area contributed by atoms with E-state index in [0.29, 0.717) is 18.4 Å². The predicted octanol–water partition coefficient (Wildman–Crippen LogP) is 2.44. The van der Waals surface area contributed by atoms with Crippen LogP contribution in [0, 0.1) is 11.8 Å². The highest BCUT2D eigenvalue weighted by atomic mass is 16.2. The monoisotopic (exact) mass is 338 g/mol. The Morgan fingerprint density at radius 2 is 2.00 bits per heavy atom. The normalized spacial score (nSPS) is 27.0. The van der Waals surface area contributed by atoms with Crippen molar-refractivity contribution in [1.29, 1.82) is 0 Å². The maximum atomic E-state index is 13.0. The lowest BCUT2D eigenvalue weighted by Crippen LogP contribution is -2.45. The highest BCUT2D eigenvalue weighted by Gasteiger charge is 2.38. The molecule has 1 N–H and O–H groups in total. The fourth-order valence-electron chi connectivity index (χ4n) is 4.65. The highest BCUT2D eigenvalue weighted by Crippen LogP contribution is 2.35. The maximum Gasteiger partial charge on any atom is 0.228 e. The summed E-state index contributed by atoms with van der Waals surface area (Å²) in [6.45, 7) is 4.29. The van der Waals surface area contributed by atoms with Crippen molar-refractivity contribution in [2.45, 2.75) is 38.1 Å². The molecule has 5 nitrogen and oxygen atoms in total. The summed E-state index contributed by atoms with van der Waals surface area (Å²) in [6.07, 6.45) is 5.78. The van der Waals surface area contributed by atoms with E-state index in [2.05, 4.69) is 20.0 Å². The molecule has 1 aromatic carbocycles. The van der Waals surface area contributed by atoms with Gasteiger partial charge in [-0.15, -0.1) is 0 Å². The van der Waals surface area contributed by atoms with Gasteiger partial charge in [-0.2, -0.15) is 5.10 Å². The van der Waals surface area contributed by atoms with Gasteiger partial charge in [0.2, 0.25) is 5.91 Å². The molecule has 1 aromatic heterocycles. The van der Waals surface area contributed by atoms with Crippen molar-refractivity contribution in [3.05, 3.63) is 30.0 Å². The molecule has 0 unspecified atom stereocenters. The van der Waals surface area contributed by atoms with Crippen molar-refractivity contribution < 1.29 is 4.79 Å². The Labute approximate surface area is 148 Å². The van der Waals surface area contributed by atoms with Gasteiger partial charge in [0.05, 0.1) is 17.6 Å². The minimum absolute atomic E-state index is 0.250. The van der Waals surface area contributed by atoms with Crippen LogP contribution >= 0.6 is 0 Å². The zero-order chi connectivity index (χ0) is 16.8. The number of piperidine rings is 1. The molecule has 132 valence electrons. The van der Waals surface area contributed by atoms with Gasteiger partial charge >= 0.3 is 0 Å². The minimum atomic E-state index is 0.250. The van der Waals surface area contributed by atoms with Crippen LogP contribution in [-0.4, -0.2) is 58.1 Å². The third kappa shape index (κ3) is 3.06. The molecule has 1 amide bonds. The number of para-hydroxylation sites is 1. The molecule has 0 spiro atoms. The van der Waals surface area contributed by atoms with Gasteiger partial charge in [-0.3, -0.25) is 14.8 Å². The quantitative estimate of drug-likeness (QED) is 0.932. The Hall–Kier alpha value is -1.88. The van der Waals surface area contributed by atoms with E-state index in [9.17, 15) is 4.79 Å². The second-order valence-corrected chi connectivity index (χ2v) is 8.19. The van der Waals surface area contributed by atoms with E-state index in [4.69, 9.17) is 0 Å². The first-order valence-electron chi connectivity index (χ1n) is 9.70. The van der Waals surface area contributed by atoms with Crippen LogP contribution in [0.5, 0.6) is 0 Å². The number of amides is 1. The standard InChI is InChI=1S/C20H26N4O/c25-20(9-19-17-3-1-2-4-18(17)21-22-19)24-12-15-7-8-16(13-24)23(11-15)10-14-5-6-14/h1-4,14-16H,5-13H2,(H,21,22)/t15-,16-/m0/s1. The Balaban J connectivity index is 1.30. The number of aromatic amines is 1. The number of hydrogen-bond donors (Lipinski definition) is 1. The van der Waals surface area contributed by atoms with E-state index in [-0.39, 0.29) is 5.91 Å². The molecule has 0 radical (unpaired) electrons. The molecule has 5 heteroatoms. The Morgan fingerprint density at radius 3 is 2.88 bits per heavy atom. The van der Waals surface area contributed by atoms with Crippen molar-refractivity contribution in [1.82, 2.24) is 20.0 Å². The van der Waals surface area contributed by atoms with Crippen LogP contribution in [0.3, 0.4) is 0 Å². The summed E-state index contributed by atoms with van der Waals surface area (Å²) in [5, 5.41) is 8.47. The molecule has 4 heterocycles. The molecule has 6 rings (SSSR count). The third-order valence-corrected chi connectivity index (χ3v) is 6.24. The zero-order valence-corrected chi connectivity index (χ0v) is 14.7. The van der Waals surface area contributed by atoms with Gasteiger partial charge in [0.15, 0.2) is 0 Å². The maximum absolute atomic E-state index is 13.0. The summed E-state index contributed by atoms with van der Waals surface area (Å²) in [6, 6.07) is 8.60. The van der Waals surface area contributed by atoms with Crippen molar-refractivity contribution in [3.63, 3.8) is 0 Å². The van der Waals surface area contributed by atoms with Gasteiger partial charge in [-0.1, -0.05) is 18.2 Å². The van der Waals surface area contributed by atoms with Crippen LogP contribution in [0.1, 0.15) is 31.4 Å². The minimum Gasteiger partial charge on any atom is -0.340 e. The molecule has 1 saturated carbocycles. The lowest BCUT2D eigenvalue weighted by molar-refractivity contribution is -0.130. The molecule has 2 aromatic rings. The topological polar surface area (TPSA) is 52.2 Å². The van der Waals surface area contributed by atoms with E-state index in [0.717, 1.165) is 35.6 Å². The van der Waals surface area contributed by atoms with Gasteiger partial charge in [-0.25, -0.2) is 0 Å². The Kier molecular flexibility index (Phi) is 3.77. The second-order valence-electron chi connectivity index (χ2n) is 8.19. The van der Waals surface area contributed by atoms with E-state index >= 15 is 0 Å². The number of carbonyl (C=O) groups is 1. The van der Waals surface area contributed by atoms with Crippen molar-refractivity contribution in [2.24, 2.45) is 11.8 Å². The Morgan fingerprint density at radius 1 is 1.12 bits per heavy atom. The zero-order valence-electron chi connectivity index (χ0n) is 14.7. The number of benzene rings is 1. The van der Waals surface area contributed by atoms with Crippen LogP contribution in [0.15, 0.2) is 24.3 Å². The second kappa shape index (κ2) is 6.13. The van der Waals surface area contributed by atoms with Crippen LogP contribution < -0.4 is 0 Å². The molecule has 25 heavy (non-hydrogen) atoms. The van der Waals surface area contributed by atoms with Gasteiger partial charge in [0, 0.05) is 37.6 Å². The smallest absolute Gasteiger partial charge is 0.228 e. The van der Waals surface area contributed by atoms with Crippen LogP contribution in [0.25, 0.3) is 10.9 Å². The molecule has 3 aliphatic heterocycles. The van der Waals surface area contributed by atoms with Gasteiger partial charge < -0.3 is 4.90 Å².